The second-order valence-corrected chi connectivity index (χ2v) is 6.06. The van der Waals surface area contributed by atoms with Crippen LogP contribution < -0.4 is 5.73 Å². The van der Waals surface area contributed by atoms with Gasteiger partial charge in [0, 0.05) is 11.0 Å². The molecule has 124 valence electrons. The first-order chi connectivity index (χ1) is 10.9. The average molecular weight is 387 g/mol. The Bertz CT molecular complexity index is 638. The Morgan fingerprint density at radius 3 is 2.74 bits per heavy atom. The smallest absolute Gasteiger partial charge is 0.339 e. The topological polar surface area (TPSA) is 89.7 Å². The Hall–Kier alpha value is -1.96. The fourth-order valence-corrected chi connectivity index (χ4v) is 2.98. The molecule has 0 saturated carbocycles. The summed E-state index contributed by atoms with van der Waals surface area (Å²) in [5.41, 5.74) is 5.41. The highest BCUT2D eigenvalue weighted by molar-refractivity contribution is 9.10. The Morgan fingerprint density at radius 2 is 2.09 bits per heavy atom. The number of hydrogen-bond donors (Lipinski definition) is 1. The van der Waals surface area contributed by atoms with E-state index in [-0.39, 0.29) is 10.0 Å². The second-order valence-electron chi connectivity index (χ2n) is 5.20. The standard InChI is InChI=1S/C15H16BrFN2O4/c16-11-7-9(17)4-5-10(11)15(22)23-8-13(20)19-6-2-1-3-12(19)14(18)21/h4-5,7,12H,1-3,6,8H2,(H2,18,21)/t12-/m1/s1. The van der Waals surface area contributed by atoms with E-state index < -0.39 is 36.2 Å². The van der Waals surface area contributed by atoms with Gasteiger partial charge in [-0.1, -0.05) is 0 Å². The molecule has 1 fully saturated rings. The molecule has 2 N–H and O–H groups in total. The molecule has 1 aliphatic rings. The normalized spacial score (nSPS) is 17.7. The number of carbonyl (C=O) groups is 3. The highest BCUT2D eigenvalue weighted by Crippen LogP contribution is 2.20. The summed E-state index contributed by atoms with van der Waals surface area (Å²) in [5.74, 6) is -2.29. The summed E-state index contributed by atoms with van der Waals surface area (Å²) < 4.78 is 18.2. The highest BCUT2D eigenvalue weighted by atomic mass is 79.9. The van der Waals surface area contributed by atoms with Gasteiger partial charge in [0.05, 0.1) is 5.56 Å². The lowest BCUT2D eigenvalue weighted by Gasteiger charge is -2.33. The van der Waals surface area contributed by atoms with Crippen molar-refractivity contribution in [2.24, 2.45) is 5.73 Å². The predicted octanol–water partition coefficient (Wildman–Crippen LogP) is 1.61. The molecule has 1 aliphatic heterocycles. The van der Waals surface area contributed by atoms with Gasteiger partial charge in [0.1, 0.15) is 11.9 Å². The zero-order valence-electron chi connectivity index (χ0n) is 12.3. The Labute approximate surface area is 140 Å². The lowest BCUT2D eigenvalue weighted by atomic mass is 10.0. The quantitative estimate of drug-likeness (QED) is 0.795. The predicted molar refractivity (Wildman–Crippen MR) is 82.9 cm³/mol. The highest BCUT2D eigenvalue weighted by Gasteiger charge is 2.31. The van der Waals surface area contributed by atoms with Gasteiger partial charge in [-0.3, -0.25) is 9.59 Å². The molecule has 1 saturated heterocycles. The summed E-state index contributed by atoms with van der Waals surface area (Å²) in [6.45, 7) is -0.0866. The van der Waals surface area contributed by atoms with Crippen molar-refractivity contribution in [3.8, 4) is 0 Å². The average Bonchev–Trinajstić information content (AvgIpc) is 2.52. The summed E-state index contributed by atoms with van der Waals surface area (Å²) in [5, 5.41) is 0. The van der Waals surface area contributed by atoms with E-state index in [1.54, 1.807) is 0 Å². The molecule has 0 aromatic heterocycles. The number of ether oxygens (including phenoxy) is 1. The summed E-state index contributed by atoms with van der Waals surface area (Å²) in [4.78, 5) is 36.8. The minimum absolute atomic E-state index is 0.115. The molecule has 1 atom stereocenters. The summed E-state index contributed by atoms with van der Waals surface area (Å²) in [6, 6.07) is 2.86. The minimum atomic E-state index is -0.752. The second kappa shape index (κ2) is 7.54. The molecule has 2 rings (SSSR count). The van der Waals surface area contributed by atoms with E-state index in [2.05, 4.69) is 15.9 Å². The van der Waals surface area contributed by atoms with E-state index in [0.717, 1.165) is 25.0 Å². The van der Waals surface area contributed by atoms with Crippen LogP contribution in [0, 0.1) is 5.82 Å². The largest absolute Gasteiger partial charge is 0.452 e. The molecule has 6 nitrogen and oxygen atoms in total. The van der Waals surface area contributed by atoms with Crippen molar-refractivity contribution in [1.29, 1.82) is 0 Å². The van der Waals surface area contributed by atoms with E-state index >= 15 is 0 Å². The number of piperidine rings is 1. The Kier molecular flexibility index (Phi) is 5.70. The molecule has 1 aromatic rings. The van der Waals surface area contributed by atoms with Gasteiger partial charge in [0.25, 0.3) is 5.91 Å². The van der Waals surface area contributed by atoms with Gasteiger partial charge in [-0.05, 0) is 53.4 Å². The number of carbonyl (C=O) groups excluding carboxylic acids is 3. The SMILES string of the molecule is NC(=O)[C@H]1CCCCN1C(=O)COC(=O)c1ccc(F)cc1Br. The minimum Gasteiger partial charge on any atom is -0.452 e. The number of halogens is 2. The lowest BCUT2D eigenvalue weighted by Crippen LogP contribution is -2.51. The third-order valence-corrected chi connectivity index (χ3v) is 4.29. The molecular weight excluding hydrogens is 371 g/mol. The number of primary amides is 1. The Balaban J connectivity index is 1.97. The van der Waals surface area contributed by atoms with Crippen molar-refractivity contribution in [3.63, 3.8) is 0 Å². The van der Waals surface area contributed by atoms with Gasteiger partial charge in [0.2, 0.25) is 5.91 Å². The fourth-order valence-electron chi connectivity index (χ4n) is 2.47. The van der Waals surface area contributed by atoms with Crippen LogP contribution in [0.3, 0.4) is 0 Å². The van der Waals surface area contributed by atoms with E-state index in [4.69, 9.17) is 10.5 Å². The van der Waals surface area contributed by atoms with Gasteiger partial charge in [-0.2, -0.15) is 0 Å². The van der Waals surface area contributed by atoms with Crippen LogP contribution in [0.4, 0.5) is 4.39 Å². The number of likely N-dealkylation sites (tertiary alicyclic amines) is 1. The maximum atomic E-state index is 13.0. The van der Waals surface area contributed by atoms with Crippen LogP contribution in [0.2, 0.25) is 0 Å². The number of amides is 2. The Morgan fingerprint density at radius 1 is 1.35 bits per heavy atom. The number of nitrogens with two attached hydrogens (primary N) is 1. The summed E-state index contributed by atoms with van der Waals surface area (Å²) in [6.07, 6.45) is 2.10. The molecule has 0 unspecified atom stereocenters. The van der Waals surface area contributed by atoms with E-state index in [1.807, 2.05) is 0 Å². The molecule has 8 heteroatoms. The van der Waals surface area contributed by atoms with Crippen LogP contribution in [0.25, 0.3) is 0 Å². The van der Waals surface area contributed by atoms with Gasteiger partial charge in [0.15, 0.2) is 6.61 Å². The number of rotatable bonds is 4. The fraction of sp³-hybridized carbons (Fsp3) is 0.400. The third-order valence-electron chi connectivity index (χ3n) is 3.63. The monoisotopic (exact) mass is 386 g/mol. The van der Waals surface area contributed by atoms with Crippen molar-refractivity contribution in [1.82, 2.24) is 4.90 Å². The third kappa shape index (κ3) is 4.28. The van der Waals surface area contributed by atoms with Crippen LogP contribution in [0.15, 0.2) is 22.7 Å². The first-order valence-electron chi connectivity index (χ1n) is 7.11. The molecule has 0 radical (unpaired) electrons. The van der Waals surface area contributed by atoms with Crippen molar-refractivity contribution >= 4 is 33.7 Å². The van der Waals surface area contributed by atoms with Gasteiger partial charge < -0.3 is 15.4 Å². The van der Waals surface area contributed by atoms with Crippen LogP contribution >= 0.6 is 15.9 Å². The molecular formula is C15H16BrFN2O4. The van der Waals surface area contributed by atoms with Gasteiger partial charge in [-0.25, -0.2) is 9.18 Å². The van der Waals surface area contributed by atoms with E-state index in [0.29, 0.717) is 13.0 Å². The molecule has 0 bridgehead atoms. The van der Waals surface area contributed by atoms with E-state index in [1.165, 1.54) is 11.0 Å². The number of nitrogens with zero attached hydrogens (tertiary/aromatic N) is 1. The number of hydrogen-bond acceptors (Lipinski definition) is 4. The summed E-state index contributed by atoms with van der Waals surface area (Å²) in [7, 11) is 0. The van der Waals surface area contributed by atoms with Gasteiger partial charge >= 0.3 is 5.97 Å². The molecule has 23 heavy (non-hydrogen) atoms. The first kappa shape index (κ1) is 17.4. The lowest BCUT2D eigenvalue weighted by molar-refractivity contribution is -0.143. The van der Waals surface area contributed by atoms with Crippen molar-refractivity contribution in [3.05, 3.63) is 34.1 Å². The van der Waals surface area contributed by atoms with E-state index in [9.17, 15) is 18.8 Å². The van der Waals surface area contributed by atoms with Crippen molar-refractivity contribution in [2.75, 3.05) is 13.2 Å². The maximum Gasteiger partial charge on any atom is 0.339 e. The molecule has 0 spiro atoms. The zero-order chi connectivity index (χ0) is 17.0. The van der Waals surface area contributed by atoms with Crippen molar-refractivity contribution in [2.45, 2.75) is 25.3 Å². The van der Waals surface area contributed by atoms with Crippen LogP contribution in [0.5, 0.6) is 0 Å². The van der Waals surface area contributed by atoms with Crippen LogP contribution in [0.1, 0.15) is 29.6 Å². The summed E-state index contributed by atoms with van der Waals surface area (Å²) >= 11 is 3.06. The van der Waals surface area contributed by atoms with Crippen LogP contribution in [-0.4, -0.2) is 41.9 Å². The molecule has 0 aliphatic carbocycles. The molecule has 1 heterocycles. The molecule has 1 aromatic carbocycles. The zero-order valence-corrected chi connectivity index (χ0v) is 13.8. The van der Waals surface area contributed by atoms with Crippen molar-refractivity contribution < 1.29 is 23.5 Å². The number of benzene rings is 1. The molecule has 2 amide bonds. The maximum absolute atomic E-state index is 13.0. The van der Waals surface area contributed by atoms with Gasteiger partial charge in [-0.15, -0.1) is 0 Å². The first-order valence-corrected chi connectivity index (χ1v) is 7.90. The number of esters is 1. The van der Waals surface area contributed by atoms with Crippen LogP contribution in [-0.2, 0) is 14.3 Å².